The lowest BCUT2D eigenvalue weighted by Gasteiger charge is -2.51. The molecule has 2 unspecified atom stereocenters. The number of ether oxygens (including phenoxy) is 2. The van der Waals surface area contributed by atoms with Crippen molar-refractivity contribution in [2.75, 3.05) is 51.5 Å². The second-order valence-electron chi connectivity index (χ2n) is 5.14. The van der Waals surface area contributed by atoms with E-state index in [1.807, 2.05) is 11.8 Å². The van der Waals surface area contributed by atoms with Crippen molar-refractivity contribution in [2.24, 2.45) is 0 Å². The van der Waals surface area contributed by atoms with Crippen molar-refractivity contribution < 1.29 is 9.47 Å². The topological polar surface area (TPSA) is 33.7 Å². The van der Waals surface area contributed by atoms with Crippen molar-refractivity contribution >= 4 is 11.8 Å². The Bertz CT molecular complexity index is 259. The summed E-state index contributed by atoms with van der Waals surface area (Å²) >= 11 is 1.98. The van der Waals surface area contributed by atoms with E-state index in [4.69, 9.17) is 9.47 Å². The highest BCUT2D eigenvalue weighted by molar-refractivity contribution is 7.99. The van der Waals surface area contributed by atoms with Gasteiger partial charge in [0, 0.05) is 18.8 Å². The minimum Gasteiger partial charge on any atom is -0.378 e. The average Bonchev–Trinajstić information content (AvgIpc) is 2.76. The minimum atomic E-state index is -0.0335. The van der Waals surface area contributed by atoms with E-state index in [-0.39, 0.29) is 11.3 Å². The largest absolute Gasteiger partial charge is 0.378 e. The van der Waals surface area contributed by atoms with Gasteiger partial charge in [0.05, 0.1) is 25.4 Å². The highest BCUT2D eigenvalue weighted by Gasteiger charge is 2.48. The van der Waals surface area contributed by atoms with Gasteiger partial charge in [-0.2, -0.15) is 11.8 Å². The molecule has 92 valence electrons. The molecule has 0 aromatic rings. The van der Waals surface area contributed by atoms with Crippen LogP contribution in [0.1, 0.15) is 6.42 Å². The lowest BCUT2D eigenvalue weighted by atomic mass is 9.94. The van der Waals surface area contributed by atoms with Crippen LogP contribution in [0.4, 0.5) is 0 Å². The van der Waals surface area contributed by atoms with Gasteiger partial charge in [-0.1, -0.05) is 0 Å². The highest BCUT2D eigenvalue weighted by atomic mass is 32.2. The third-order valence-electron chi connectivity index (χ3n) is 4.09. The minimum absolute atomic E-state index is 0.0335. The lowest BCUT2D eigenvalue weighted by Crippen LogP contribution is -2.70. The van der Waals surface area contributed by atoms with Crippen molar-refractivity contribution in [3.05, 3.63) is 0 Å². The van der Waals surface area contributed by atoms with E-state index in [0.717, 1.165) is 45.1 Å². The van der Waals surface area contributed by atoms with Crippen molar-refractivity contribution in [1.82, 2.24) is 10.2 Å². The summed E-state index contributed by atoms with van der Waals surface area (Å²) in [6, 6.07) is 0. The Balaban J connectivity index is 1.68. The Kier molecular flexibility index (Phi) is 2.92. The van der Waals surface area contributed by atoms with Crippen molar-refractivity contribution in [3.63, 3.8) is 0 Å². The molecule has 4 nitrogen and oxygen atoms in total. The maximum Gasteiger partial charge on any atom is 0.129 e. The molecule has 1 N–H and O–H groups in total. The maximum atomic E-state index is 6.14. The predicted octanol–water partition coefficient (Wildman–Crippen LogP) is 0.140. The van der Waals surface area contributed by atoms with Crippen LogP contribution in [-0.2, 0) is 9.47 Å². The molecule has 3 aliphatic rings. The number of likely N-dealkylation sites (N-methyl/N-ethyl adjacent to an activating group) is 1. The fourth-order valence-corrected chi connectivity index (χ4v) is 3.93. The van der Waals surface area contributed by atoms with Gasteiger partial charge < -0.3 is 9.47 Å². The van der Waals surface area contributed by atoms with E-state index in [1.165, 1.54) is 5.75 Å². The summed E-state index contributed by atoms with van der Waals surface area (Å²) in [5, 5.41) is 3.62. The molecule has 3 rings (SSSR count). The molecule has 3 heterocycles. The highest BCUT2D eigenvalue weighted by Crippen LogP contribution is 2.34. The van der Waals surface area contributed by atoms with Crippen LogP contribution in [0.3, 0.4) is 0 Å². The number of nitrogens with zero attached hydrogens (tertiary/aromatic N) is 1. The molecule has 0 saturated carbocycles. The fourth-order valence-electron chi connectivity index (χ4n) is 2.65. The summed E-state index contributed by atoms with van der Waals surface area (Å²) < 4.78 is 11.8. The number of hydrogen-bond acceptors (Lipinski definition) is 5. The molecule has 3 fully saturated rings. The van der Waals surface area contributed by atoms with E-state index < -0.39 is 0 Å². The number of hydrogen-bond donors (Lipinski definition) is 1. The van der Waals surface area contributed by atoms with E-state index in [0.29, 0.717) is 0 Å². The number of morpholine rings is 1. The first kappa shape index (κ1) is 11.3. The molecule has 2 spiro atoms. The van der Waals surface area contributed by atoms with E-state index in [1.54, 1.807) is 0 Å². The maximum absolute atomic E-state index is 6.14. The zero-order valence-electron chi connectivity index (χ0n) is 9.83. The SMILES string of the molecule is CN1CCOCC12CNC1(CCSC1)OC2. The van der Waals surface area contributed by atoms with E-state index >= 15 is 0 Å². The molecule has 0 radical (unpaired) electrons. The van der Waals surface area contributed by atoms with E-state index in [9.17, 15) is 0 Å². The van der Waals surface area contributed by atoms with Gasteiger partial charge in [0.1, 0.15) is 5.72 Å². The summed E-state index contributed by atoms with van der Waals surface area (Å²) in [4.78, 5) is 2.39. The molecule has 0 amide bonds. The Hall–Kier alpha value is 0.190. The third-order valence-corrected chi connectivity index (χ3v) is 5.26. The molecule has 0 bridgehead atoms. The van der Waals surface area contributed by atoms with Gasteiger partial charge in [-0.25, -0.2) is 0 Å². The van der Waals surface area contributed by atoms with E-state index in [2.05, 4.69) is 17.3 Å². The molecule has 3 aliphatic heterocycles. The smallest absolute Gasteiger partial charge is 0.129 e. The molecule has 5 heteroatoms. The molecule has 0 aliphatic carbocycles. The van der Waals surface area contributed by atoms with Crippen LogP contribution in [0.2, 0.25) is 0 Å². The predicted molar refractivity (Wildman–Crippen MR) is 64.8 cm³/mol. The molecule has 16 heavy (non-hydrogen) atoms. The molecule has 0 aromatic heterocycles. The third kappa shape index (κ3) is 1.78. The van der Waals surface area contributed by atoms with Gasteiger partial charge in [0.2, 0.25) is 0 Å². The Morgan fingerprint density at radius 3 is 2.94 bits per heavy atom. The van der Waals surface area contributed by atoms with Gasteiger partial charge in [0.25, 0.3) is 0 Å². The van der Waals surface area contributed by atoms with Crippen LogP contribution in [-0.4, -0.2) is 67.6 Å². The van der Waals surface area contributed by atoms with Crippen LogP contribution >= 0.6 is 11.8 Å². The fraction of sp³-hybridized carbons (Fsp3) is 1.00. The summed E-state index contributed by atoms with van der Waals surface area (Å²) in [6.45, 7) is 4.44. The second-order valence-corrected chi connectivity index (χ2v) is 6.24. The van der Waals surface area contributed by atoms with Crippen LogP contribution in [0, 0.1) is 0 Å². The van der Waals surface area contributed by atoms with Gasteiger partial charge in [0.15, 0.2) is 0 Å². The van der Waals surface area contributed by atoms with Crippen molar-refractivity contribution in [3.8, 4) is 0 Å². The van der Waals surface area contributed by atoms with Crippen LogP contribution in [0.15, 0.2) is 0 Å². The Morgan fingerprint density at radius 2 is 2.31 bits per heavy atom. The molecular weight excluding hydrogens is 224 g/mol. The first-order valence-electron chi connectivity index (χ1n) is 6.01. The summed E-state index contributed by atoms with van der Waals surface area (Å²) in [7, 11) is 2.18. The summed E-state index contributed by atoms with van der Waals surface area (Å²) in [5.41, 5.74) is 0.0327. The second kappa shape index (κ2) is 4.14. The summed E-state index contributed by atoms with van der Waals surface area (Å²) in [5.74, 6) is 2.31. The number of thioether (sulfide) groups is 1. The average molecular weight is 244 g/mol. The van der Waals surface area contributed by atoms with Crippen LogP contribution in [0.25, 0.3) is 0 Å². The molecule has 0 aromatic carbocycles. The lowest BCUT2D eigenvalue weighted by molar-refractivity contribution is -0.174. The van der Waals surface area contributed by atoms with Crippen LogP contribution in [0.5, 0.6) is 0 Å². The Labute approximate surface area is 101 Å². The van der Waals surface area contributed by atoms with Gasteiger partial charge in [-0.3, -0.25) is 10.2 Å². The van der Waals surface area contributed by atoms with Crippen molar-refractivity contribution in [1.29, 1.82) is 0 Å². The van der Waals surface area contributed by atoms with Gasteiger partial charge in [-0.05, 0) is 19.2 Å². The quantitative estimate of drug-likeness (QED) is 0.655. The van der Waals surface area contributed by atoms with Gasteiger partial charge in [-0.15, -0.1) is 0 Å². The van der Waals surface area contributed by atoms with Crippen molar-refractivity contribution in [2.45, 2.75) is 17.7 Å². The monoisotopic (exact) mass is 244 g/mol. The normalized spacial score (nSPS) is 45.6. The molecular formula is C11H20N2O2S. The zero-order valence-corrected chi connectivity index (χ0v) is 10.6. The number of rotatable bonds is 0. The molecule has 2 atom stereocenters. The number of nitrogens with one attached hydrogen (secondary N) is 1. The standard InChI is InChI=1S/C11H20N2O2S/c1-13-3-4-14-7-10(13)6-12-11(15-8-10)2-5-16-9-11/h12H,2-9H2,1H3. The Morgan fingerprint density at radius 1 is 1.38 bits per heavy atom. The summed E-state index contributed by atoms with van der Waals surface area (Å²) in [6.07, 6.45) is 1.14. The first-order valence-corrected chi connectivity index (χ1v) is 7.16. The zero-order chi connectivity index (χ0) is 11.1. The van der Waals surface area contributed by atoms with Crippen LogP contribution < -0.4 is 5.32 Å². The molecule has 3 saturated heterocycles. The van der Waals surface area contributed by atoms with Gasteiger partial charge >= 0.3 is 0 Å². The first-order chi connectivity index (χ1) is 7.75.